The number of carbonyl (C=O) groups excluding carboxylic acids is 1. The molecule has 3 nitrogen and oxygen atoms in total. The van der Waals surface area contributed by atoms with Gasteiger partial charge >= 0.3 is 0 Å². The van der Waals surface area contributed by atoms with Gasteiger partial charge < -0.3 is 11.1 Å². The third kappa shape index (κ3) is 3.35. The van der Waals surface area contributed by atoms with Gasteiger partial charge in [0.15, 0.2) is 0 Å². The van der Waals surface area contributed by atoms with Crippen molar-refractivity contribution in [1.82, 2.24) is 0 Å². The van der Waals surface area contributed by atoms with Crippen molar-refractivity contribution >= 4 is 40.4 Å². The van der Waals surface area contributed by atoms with Crippen LogP contribution in [0.3, 0.4) is 0 Å². The summed E-state index contributed by atoms with van der Waals surface area (Å²) in [6.07, 6.45) is 0. The minimum absolute atomic E-state index is 0.190. The van der Waals surface area contributed by atoms with Crippen LogP contribution in [-0.2, 0) is 0 Å². The van der Waals surface area contributed by atoms with E-state index in [2.05, 4.69) is 5.32 Å². The van der Waals surface area contributed by atoms with Gasteiger partial charge in [-0.2, -0.15) is 0 Å². The van der Waals surface area contributed by atoms with E-state index in [9.17, 15) is 4.79 Å². The predicted molar refractivity (Wildman–Crippen MR) is 86.5 cm³/mol. The lowest BCUT2D eigenvalue weighted by Gasteiger charge is -2.09. The SMILES string of the molecule is Cc1cc(Cl)ccc1NC(=O)c1ccc(C(N)=S)cc1. The van der Waals surface area contributed by atoms with Gasteiger partial charge in [0.1, 0.15) is 4.99 Å². The van der Waals surface area contributed by atoms with E-state index in [0.29, 0.717) is 15.6 Å². The first-order valence-corrected chi connectivity index (χ1v) is 6.73. The molecule has 0 atom stereocenters. The third-order valence-corrected chi connectivity index (χ3v) is 3.34. The van der Waals surface area contributed by atoms with Crippen LogP contribution >= 0.6 is 23.8 Å². The summed E-state index contributed by atoms with van der Waals surface area (Å²) in [7, 11) is 0. The Balaban J connectivity index is 2.17. The van der Waals surface area contributed by atoms with Gasteiger partial charge in [-0.1, -0.05) is 36.0 Å². The Morgan fingerprint density at radius 2 is 1.75 bits per heavy atom. The van der Waals surface area contributed by atoms with Crippen molar-refractivity contribution in [2.45, 2.75) is 6.92 Å². The zero-order valence-electron chi connectivity index (χ0n) is 10.8. The second-order valence-electron chi connectivity index (χ2n) is 4.35. The van der Waals surface area contributed by atoms with E-state index in [1.165, 1.54) is 0 Å². The van der Waals surface area contributed by atoms with Crippen molar-refractivity contribution in [1.29, 1.82) is 0 Å². The predicted octanol–water partition coefficient (Wildman–Crippen LogP) is 3.53. The molecule has 0 saturated heterocycles. The molecular formula is C15H13ClN2OS. The first-order chi connectivity index (χ1) is 9.47. The number of carbonyl (C=O) groups is 1. The highest BCUT2D eigenvalue weighted by Crippen LogP contribution is 2.20. The molecule has 0 aliphatic heterocycles. The Labute approximate surface area is 127 Å². The molecule has 5 heteroatoms. The standard InChI is InChI=1S/C15H13ClN2OS/c1-9-8-12(16)6-7-13(9)18-15(19)11-4-2-10(3-5-11)14(17)20/h2-8H,1H3,(H2,17,20)(H,18,19). The topological polar surface area (TPSA) is 55.1 Å². The number of aryl methyl sites for hydroxylation is 1. The molecule has 0 radical (unpaired) electrons. The van der Waals surface area contributed by atoms with E-state index in [4.69, 9.17) is 29.6 Å². The van der Waals surface area contributed by atoms with Crippen LogP contribution in [-0.4, -0.2) is 10.9 Å². The lowest BCUT2D eigenvalue weighted by atomic mass is 10.1. The second kappa shape index (κ2) is 6.03. The average molecular weight is 305 g/mol. The van der Waals surface area contributed by atoms with Gasteiger partial charge in [0.25, 0.3) is 5.91 Å². The number of halogens is 1. The van der Waals surface area contributed by atoms with Gasteiger partial charge in [-0.3, -0.25) is 4.79 Å². The summed E-state index contributed by atoms with van der Waals surface area (Å²) >= 11 is 10.8. The smallest absolute Gasteiger partial charge is 0.255 e. The van der Waals surface area contributed by atoms with Gasteiger partial charge in [0.2, 0.25) is 0 Å². The van der Waals surface area contributed by atoms with E-state index in [0.717, 1.165) is 16.8 Å². The number of thiocarbonyl (C=S) groups is 1. The number of nitrogens with one attached hydrogen (secondary N) is 1. The van der Waals surface area contributed by atoms with Crippen molar-refractivity contribution in [2.75, 3.05) is 5.32 Å². The molecule has 20 heavy (non-hydrogen) atoms. The molecule has 0 unspecified atom stereocenters. The number of benzene rings is 2. The summed E-state index contributed by atoms with van der Waals surface area (Å²) < 4.78 is 0. The maximum atomic E-state index is 12.1. The first-order valence-electron chi connectivity index (χ1n) is 5.95. The van der Waals surface area contributed by atoms with E-state index >= 15 is 0 Å². The van der Waals surface area contributed by atoms with Crippen molar-refractivity contribution in [3.63, 3.8) is 0 Å². The molecular weight excluding hydrogens is 292 g/mol. The largest absolute Gasteiger partial charge is 0.389 e. The Bertz CT molecular complexity index is 668. The van der Waals surface area contributed by atoms with E-state index in [1.807, 2.05) is 6.92 Å². The van der Waals surface area contributed by atoms with Gasteiger partial charge in [-0.25, -0.2) is 0 Å². The molecule has 2 rings (SSSR count). The lowest BCUT2D eigenvalue weighted by molar-refractivity contribution is 0.102. The zero-order chi connectivity index (χ0) is 14.7. The van der Waals surface area contributed by atoms with Crippen LogP contribution in [0.15, 0.2) is 42.5 Å². The van der Waals surface area contributed by atoms with Crippen LogP contribution < -0.4 is 11.1 Å². The fourth-order valence-corrected chi connectivity index (χ4v) is 2.11. The zero-order valence-corrected chi connectivity index (χ0v) is 12.4. The second-order valence-corrected chi connectivity index (χ2v) is 5.23. The van der Waals surface area contributed by atoms with Crippen molar-refractivity contribution in [3.8, 4) is 0 Å². The molecule has 0 bridgehead atoms. The molecule has 0 saturated carbocycles. The quantitative estimate of drug-likeness (QED) is 0.853. The van der Waals surface area contributed by atoms with Gasteiger partial charge in [0.05, 0.1) is 0 Å². The van der Waals surface area contributed by atoms with E-state index < -0.39 is 0 Å². The molecule has 102 valence electrons. The third-order valence-electron chi connectivity index (χ3n) is 2.87. The lowest BCUT2D eigenvalue weighted by Crippen LogP contribution is -2.14. The fourth-order valence-electron chi connectivity index (χ4n) is 1.75. The summed E-state index contributed by atoms with van der Waals surface area (Å²) in [6, 6.07) is 12.1. The summed E-state index contributed by atoms with van der Waals surface area (Å²) in [5.41, 5.74) is 8.43. The van der Waals surface area contributed by atoms with Crippen molar-refractivity contribution < 1.29 is 4.79 Å². The molecule has 1 amide bonds. The molecule has 0 aliphatic rings. The van der Waals surface area contributed by atoms with E-state index in [1.54, 1.807) is 42.5 Å². The van der Waals surface area contributed by atoms with Crippen LogP contribution in [0.4, 0.5) is 5.69 Å². The number of amides is 1. The minimum Gasteiger partial charge on any atom is -0.389 e. The molecule has 2 aromatic rings. The molecule has 0 aromatic heterocycles. The summed E-state index contributed by atoms with van der Waals surface area (Å²) in [5, 5.41) is 3.48. The molecule has 0 heterocycles. The molecule has 2 aromatic carbocycles. The van der Waals surface area contributed by atoms with Crippen LogP contribution in [0.1, 0.15) is 21.5 Å². The monoisotopic (exact) mass is 304 g/mol. The Hall–Kier alpha value is -1.91. The maximum absolute atomic E-state index is 12.1. The molecule has 0 spiro atoms. The fraction of sp³-hybridized carbons (Fsp3) is 0.0667. The Kier molecular flexibility index (Phi) is 4.37. The molecule has 3 N–H and O–H groups in total. The van der Waals surface area contributed by atoms with Crippen LogP contribution in [0.2, 0.25) is 5.02 Å². The Morgan fingerprint density at radius 1 is 1.15 bits per heavy atom. The van der Waals surface area contributed by atoms with Crippen molar-refractivity contribution in [3.05, 3.63) is 64.2 Å². The van der Waals surface area contributed by atoms with Gasteiger partial charge in [-0.15, -0.1) is 0 Å². The van der Waals surface area contributed by atoms with Gasteiger partial charge in [0, 0.05) is 21.8 Å². The summed E-state index contributed by atoms with van der Waals surface area (Å²) in [4.78, 5) is 12.4. The summed E-state index contributed by atoms with van der Waals surface area (Å²) in [5.74, 6) is -0.190. The number of hydrogen-bond acceptors (Lipinski definition) is 2. The highest BCUT2D eigenvalue weighted by atomic mass is 35.5. The number of rotatable bonds is 3. The normalized spacial score (nSPS) is 10.1. The maximum Gasteiger partial charge on any atom is 0.255 e. The van der Waals surface area contributed by atoms with Crippen LogP contribution in [0.5, 0.6) is 0 Å². The van der Waals surface area contributed by atoms with Gasteiger partial charge in [-0.05, 0) is 42.8 Å². The molecule has 0 aliphatic carbocycles. The summed E-state index contributed by atoms with van der Waals surface area (Å²) in [6.45, 7) is 1.89. The number of nitrogens with two attached hydrogens (primary N) is 1. The minimum atomic E-state index is -0.190. The number of anilines is 1. The molecule has 0 fully saturated rings. The number of hydrogen-bond donors (Lipinski definition) is 2. The highest BCUT2D eigenvalue weighted by molar-refractivity contribution is 7.80. The average Bonchev–Trinajstić information content (AvgIpc) is 2.42. The van der Waals surface area contributed by atoms with Crippen LogP contribution in [0.25, 0.3) is 0 Å². The first kappa shape index (κ1) is 14.5. The van der Waals surface area contributed by atoms with Crippen molar-refractivity contribution in [2.24, 2.45) is 5.73 Å². The highest BCUT2D eigenvalue weighted by Gasteiger charge is 2.08. The Morgan fingerprint density at radius 3 is 2.30 bits per heavy atom. The van der Waals surface area contributed by atoms with Crippen LogP contribution in [0, 0.1) is 6.92 Å². The van der Waals surface area contributed by atoms with E-state index in [-0.39, 0.29) is 5.91 Å².